The fraction of sp³-hybridized carbons (Fsp3) is 1.00. The first-order valence-corrected chi connectivity index (χ1v) is 9.59. The van der Waals surface area contributed by atoms with E-state index in [1.54, 1.807) is 0 Å². The highest BCUT2D eigenvalue weighted by atomic mass is 35.5. The van der Waals surface area contributed by atoms with Crippen LogP contribution in [-0.2, 0) is 9.47 Å². The summed E-state index contributed by atoms with van der Waals surface area (Å²) in [4.78, 5) is 0. The zero-order valence-electron chi connectivity index (χ0n) is 14.2. The molecule has 5 heteroatoms. The van der Waals surface area contributed by atoms with Gasteiger partial charge in [-0.2, -0.15) is 0 Å². The molecule has 0 saturated carbocycles. The summed E-state index contributed by atoms with van der Waals surface area (Å²) in [5.74, 6) is 0. The molecule has 0 aromatic rings. The molecule has 0 aliphatic carbocycles. The van der Waals surface area contributed by atoms with Gasteiger partial charge in [0.2, 0.25) is 0 Å². The Morgan fingerprint density at radius 3 is 1.91 bits per heavy atom. The van der Waals surface area contributed by atoms with Gasteiger partial charge in [-0.15, -0.1) is 23.2 Å². The first-order chi connectivity index (χ1) is 10.6. The van der Waals surface area contributed by atoms with Crippen LogP contribution in [0.3, 0.4) is 0 Å². The van der Waals surface area contributed by atoms with Gasteiger partial charge in [0, 0.05) is 24.0 Å². The predicted octanol–water partition coefficient (Wildman–Crippen LogP) is 4.76. The monoisotopic (exact) mass is 356 g/mol. The Labute approximate surface area is 146 Å². The van der Waals surface area contributed by atoms with E-state index >= 15 is 0 Å². The van der Waals surface area contributed by atoms with E-state index in [-0.39, 0.29) is 23.5 Å². The van der Waals surface area contributed by atoms with Gasteiger partial charge in [0.25, 0.3) is 0 Å². The van der Waals surface area contributed by atoms with Crippen LogP contribution in [0.15, 0.2) is 0 Å². The van der Waals surface area contributed by atoms with Gasteiger partial charge in [0.15, 0.2) is 0 Å². The lowest BCUT2D eigenvalue weighted by Crippen LogP contribution is -2.25. The molecule has 22 heavy (non-hydrogen) atoms. The van der Waals surface area contributed by atoms with Crippen LogP contribution in [0.1, 0.15) is 65.2 Å². The predicted molar refractivity (Wildman–Crippen MR) is 95.2 cm³/mol. The molecule has 134 valence electrons. The topological polar surface area (TPSA) is 38.7 Å². The number of ether oxygens (including phenoxy) is 2. The Bertz CT molecular complexity index is 230. The van der Waals surface area contributed by atoms with E-state index in [1.807, 2.05) is 0 Å². The van der Waals surface area contributed by atoms with Gasteiger partial charge in [-0.05, 0) is 51.4 Å². The smallest absolute Gasteiger partial charge is 0.104 e. The minimum atomic E-state index is -0.214. The summed E-state index contributed by atoms with van der Waals surface area (Å²) in [6, 6.07) is 0. The Morgan fingerprint density at radius 2 is 1.41 bits per heavy atom. The van der Waals surface area contributed by atoms with Gasteiger partial charge < -0.3 is 14.6 Å². The van der Waals surface area contributed by atoms with E-state index < -0.39 is 0 Å². The molecule has 0 spiro atoms. The van der Waals surface area contributed by atoms with Crippen molar-refractivity contribution in [1.29, 1.82) is 0 Å². The zero-order chi connectivity index (χ0) is 16.6. The minimum absolute atomic E-state index is 0.00663. The SMILES string of the molecule is CCC(Cl)CCCCOCC(CO)OCCCCC(Cl)CC. The quantitative estimate of drug-likeness (QED) is 0.320. The van der Waals surface area contributed by atoms with Crippen LogP contribution in [0.4, 0.5) is 0 Å². The van der Waals surface area contributed by atoms with Crippen molar-refractivity contribution in [2.45, 2.75) is 82.1 Å². The summed E-state index contributed by atoms with van der Waals surface area (Å²) >= 11 is 12.1. The molecule has 0 heterocycles. The molecule has 0 amide bonds. The molecule has 0 bridgehead atoms. The second-order valence-electron chi connectivity index (χ2n) is 5.75. The van der Waals surface area contributed by atoms with Crippen LogP contribution < -0.4 is 0 Å². The molecule has 0 aliphatic rings. The summed E-state index contributed by atoms with van der Waals surface area (Å²) in [6.45, 7) is 6.04. The number of hydrogen-bond acceptors (Lipinski definition) is 3. The van der Waals surface area contributed by atoms with E-state index in [2.05, 4.69) is 13.8 Å². The van der Waals surface area contributed by atoms with Crippen molar-refractivity contribution >= 4 is 23.2 Å². The lowest BCUT2D eigenvalue weighted by atomic mass is 10.1. The molecule has 0 saturated heterocycles. The molecule has 0 rings (SSSR count). The normalized spacial score (nSPS) is 15.7. The molecule has 3 nitrogen and oxygen atoms in total. The Kier molecular flexibility index (Phi) is 16.7. The second kappa shape index (κ2) is 16.3. The van der Waals surface area contributed by atoms with E-state index in [1.165, 1.54) is 0 Å². The molecule has 0 fully saturated rings. The lowest BCUT2D eigenvalue weighted by Gasteiger charge is -2.16. The average Bonchev–Trinajstić information content (AvgIpc) is 2.54. The summed E-state index contributed by atoms with van der Waals surface area (Å²) in [5, 5.41) is 9.83. The highest BCUT2D eigenvalue weighted by molar-refractivity contribution is 6.20. The van der Waals surface area contributed by atoms with Crippen LogP contribution >= 0.6 is 23.2 Å². The molecular weight excluding hydrogens is 323 g/mol. The van der Waals surface area contributed by atoms with Crippen molar-refractivity contribution in [3.05, 3.63) is 0 Å². The van der Waals surface area contributed by atoms with Gasteiger partial charge in [-0.25, -0.2) is 0 Å². The van der Waals surface area contributed by atoms with Gasteiger partial charge in [-0.3, -0.25) is 0 Å². The van der Waals surface area contributed by atoms with Crippen molar-refractivity contribution in [3.8, 4) is 0 Å². The van der Waals surface area contributed by atoms with Crippen molar-refractivity contribution in [2.24, 2.45) is 0 Å². The van der Waals surface area contributed by atoms with E-state index in [0.29, 0.717) is 19.8 Å². The van der Waals surface area contributed by atoms with E-state index in [9.17, 15) is 5.11 Å². The largest absolute Gasteiger partial charge is 0.394 e. The molecule has 0 aromatic carbocycles. The number of halogens is 2. The standard InChI is InChI=1S/C17H34Cl2O3/c1-3-15(18)9-5-7-11-21-14-17(13-20)22-12-8-6-10-16(19)4-2/h15-17,20H,3-14H2,1-2H3. The van der Waals surface area contributed by atoms with Crippen molar-refractivity contribution in [2.75, 3.05) is 26.4 Å². The third-order valence-corrected chi connectivity index (χ3v) is 4.77. The summed E-state index contributed by atoms with van der Waals surface area (Å²) in [7, 11) is 0. The highest BCUT2D eigenvalue weighted by Crippen LogP contribution is 2.12. The van der Waals surface area contributed by atoms with Crippen LogP contribution in [-0.4, -0.2) is 48.4 Å². The number of aliphatic hydroxyl groups is 1. The van der Waals surface area contributed by atoms with Gasteiger partial charge >= 0.3 is 0 Å². The number of hydrogen-bond donors (Lipinski definition) is 1. The zero-order valence-corrected chi connectivity index (χ0v) is 15.7. The van der Waals surface area contributed by atoms with Crippen LogP contribution in [0.2, 0.25) is 0 Å². The third-order valence-electron chi connectivity index (χ3n) is 3.71. The fourth-order valence-corrected chi connectivity index (χ4v) is 2.37. The Morgan fingerprint density at radius 1 is 0.864 bits per heavy atom. The first-order valence-electron chi connectivity index (χ1n) is 8.72. The molecule has 3 atom stereocenters. The molecule has 0 aromatic heterocycles. The third kappa shape index (κ3) is 14.1. The maximum absolute atomic E-state index is 9.27. The van der Waals surface area contributed by atoms with Crippen molar-refractivity contribution < 1.29 is 14.6 Å². The Hall–Kier alpha value is 0.460. The van der Waals surface area contributed by atoms with E-state index in [0.717, 1.165) is 51.4 Å². The number of rotatable bonds is 16. The molecule has 1 N–H and O–H groups in total. The maximum Gasteiger partial charge on any atom is 0.104 e. The molecule has 0 radical (unpaired) electrons. The molecule has 0 aliphatic heterocycles. The Balaban J connectivity index is 3.43. The van der Waals surface area contributed by atoms with Crippen LogP contribution in [0.25, 0.3) is 0 Å². The van der Waals surface area contributed by atoms with E-state index in [4.69, 9.17) is 32.7 Å². The summed E-state index contributed by atoms with van der Waals surface area (Å²) < 4.78 is 11.2. The highest BCUT2D eigenvalue weighted by Gasteiger charge is 2.08. The second-order valence-corrected chi connectivity index (χ2v) is 6.99. The van der Waals surface area contributed by atoms with Gasteiger partial charge in [0.05, 0.1) is 13.2 Å². The summed E-state index contributed by atoms with van der Waals surface area (Å²) in [6.07, 6.45) is 8.03. The average molecular weight is 357 g/mol. The van der Waals surface area contributed by atoms with Crippen molar-refractivity contribution in [3.63, 3.8) is 0 Å². The fourth-order valence-electron chi connectivity index (χ4n) is 2.06. The summed E-state index contributed by atoms with van der Waals surface area (Å²) in [5.41, 5.74) is 0. The maximum atomic E-state index is 9.27. The van der Waals surface area contributed by atoms with Gasteiger partial charge in [-0.1, -0.05) is 13.8 Å². The minimum Gasteiger partial charge on any atom is -0.394 e. The number of alkyl halides is 2. The van der Waals surface area contributed by atoms with Crippen LogP contribution in [0, 0.1) is 0 Å². The van der Waals surface area contributed by atoms with Gasteiger partial charge in [0.1, 0.15) is 6.10 Å². The lowest BCUT2D eigenvalue weighted by molar-refractivity contribution is -0.0437. The number of unbranched alkanes of at least 4 members (excludes halogenated alkanes) is 2. The molecular formula is C17H34Cl2O3. The first kappa shape index (κ1) is 22.5. The van der Waals surface area contributed by atoms with Crippen LogP contribution in [0.5, 0.6) is 0 Å². The van der Waals surface area contributed by atoms with Crippen molar-refractivity contribution in [1.82, 2.24) is 0 Å². The number of aliphatic hydroxyl groups excluding tert-OH is 1. The molecule has 3 unspecified atom stereocenters.